The molecule has 27 heavy (non-hydrogen) atoms. The van der Waals surface area contributed by atoms with E-state index in [1.807, 2.05) is 31.2 Å². The summed E-state index contributed by atoms with van der Waals surface area (Å²) in [5, 5.41) is 17.5. The number of hydrogen-bond acceptors (Lipinski definition) is 3. The second-order valence-corrected chi connectivity index (χ2v) is 7.14. The highest BCUT2D eigenvalue weighted by Gasteiger charge is 2.31. The summed E-state index contributed by atoms with van der Waals surface area (Å²) in [4.78, 5) is 2.98. The van der Waals surface area contributed by atoms with E-state index >= 15 is 0 Å². The summed E-state index contributed by atoms with van der Waals surface area (Å²) in [6.45, 7) is 1.95. The number of rotatable bonds is 6. The Hall–Kier alpha value is -2.60. The molecule has 0 spiro atoms. The number of fused-ring (bicyclic) bond motifs is 1. The molecule has 1 aromatic heterocycles. The number of aliphatic hydroxyl groups excluding tert-OH is 1. The van der Waals surface area contributed by atoms with Crippen LogP contribution in [0.3, 0.4) is 0 Å². The molecule has 0 saturated heterocycles. The van der Waals surface area contributed by atoms with Gasteiger partial charge in [0.25, 0.3) is 0 Å². The van der Waals surface area contributed by atoms with Crippen LogP contribution in [0.5, 0.6) is 0 Å². The molecule has 4 nitrogen and oxygen atoms in total. The van der Waals surface area contributed by atoms with Crippen molar-refractivity contribution in [2.45, 2.75) is 44.4 Å². The normalized spacial score (nSPS) is 20.3. The van der Waals surface area contributed by atoms with E-state index in [-0.39, 0.29) is 12.1 Å². The van der Waals surface area contributed by atoms with E-state index in [4.69, 9.17) is 0 Å². The number of aliphatic hydroxyl groups is 1. The Bertz CT molecular complexity index is 938. The van der Waals surface area contributed by atoms with Gasteiger partial charge in [0.15, 0.2) is 11.6 Å². The zero-order chi connectivity index (χ0) is 19.0. The van der Waals surface area contributed by atoms with Crippen LogP contribution in [0.15, 0.2) is 42.6 Å². The molecule has 1 aliphatic rings. The number of hydrogen-bond donors (Lipinski definition) is 4. The summed E-state index contributed by atoms with van der Waals surface area (Å²) in [7, 11) is 0. The van der Waals surface area contributed by atoms with Gasteiger partial charge in [-0.25, -0.2) is 8.78 Å². The van der Waals surface area contributed by atoms with Crippen LogP contribution in [0.25, 0.3) is 10.9 Å². The molecule has 1 aliphatic carbocycles. The first kappa shape index (κ1) is 17.8. The maximum atomic E-state index is 13.6. The van der Waals surface area contributed by atoms with Crippen molar-refractivity contribution in [3.8, 4) is 0 Å². The van der Waals surface area contributed by atoms with Gasteiger partial charge in [0.2, 0.25) is 0 Å². The summed E-state index contributed by atoms with van der Waals surface area (Å²) in [5.41, 5.74) is 3.28. The van der Waals surface area contributed by atoms with E-state index in [1.54, 1.807) is 6.20 Å². The standard InChI is InChI=1S/C21H23F2N3O/c1-2-21(27)12-3-5-13(6-4-12)25-17-7-8-18(17)26-20-11-24-19-10-16(23)15(22)9-14(19)20/h3-6,9-11,17-18,21,24-27H,2,7-8H2,1H3. The molecule has 142 valence electrons. The van der Waals surface area contributed by atoms with Gasteiger partial charge in [-0.3, -0.25) is 0 Å². The molecule has 3 atom stereocenters. The number of aromatic amines is 1. The van der Waals surface area contributed by atoms with Crippen molar-refractivity contribution in [1.29, 1.82) is 0 Å². The van der Waals surface area contributed by atoms with Crippen LogP contribution in [0.2, 0.25) is 0 Å². The summed E-state index contributed by atoms with van der Waals surface area (Å²) in [6, 6.07) is 10.7. The topological polar surface area (TPSA) is 60.1 Å². The number of aromatic nitrogens is 1. The smallest absolute Gasteiger partial charge is 0.160 e. The van der Waals surface area contributed by atoms with Gasteiger partial charge in [0.05, 0.1) is 17.3 Å². The maximum absolute atomic E-state index is 13.6. The summed E-state index contributed by atoms with van der Waals surface area (Å²) in [6.07, 6.45) is 4.04. The van der Waals surface area contributed by atoms with E-state index < -0.39 is 17.7 Å². The number of benzene rings is 2. The molecule has 1 heterocycles. The van der Waals surface area contributed by atoms with Crippen molar-refractivity contribution < 1.29 is 13.9 Å². The fourth-order valence-corrected chi connectivity index (χ4v) is 3.53. The summed E-state index contributed by atoms with van der Waals surface area (Å²) < 4.78 is 26.9. The third-order valence-electron chi connectivity index (χ3n) is 5.37. The second-order valence-electron chi connectivity index (χ2n) is 7.14. The first-order chi connectivity index (χ1) is 13.0. The Balaban J connectivity index is 1.43. The van der Waals surface area contributed by atoms with E-state index in [0.29, 0.717) is 17.3 Å². The van der Waals surface area contributed by atoms with Gasteiger partial charge in [-0.05, 0) is 43.0 Å². The molecule has 6 heteroatoms. The molecular weight excluding hydrogens is 348 g/mol. The summed E-state index contributed by atoms with van der Waals surface area (Å²) >= 11 is 0. The number of H-pyrrole nitrogens is 1. The number of anilines is 2. The van der Waals surface area contributed by atoms with Crippen molar-refractivity contribution >= 4 is 22.3 Å². The van der Waals surface area contributed by atoms with Crippen molar-refractivity contribution in [1.82, 2.24) is 4.98 Å². The third kappa shape index (κ3) is 3.49. The van der Waals surface area contributed by atoms with Gasteiger partial charge in [0, 0.05) is 35.4 Å². The Kier molecular flexibility index (Phi) is 4.74. The zero-order valence-corrected chi connectivity index (χ0v) is 15.1. The monoisotopic (exact) mass is 371 g/mol. The quantitative estimate of drug-likeness (QED) is 0.496. The van der Waals surface area contributed by atoms with Gasteiger partial charge in [0.1, 0.15) is 0 Å². The first-order valence-electron chi connectivity index (χ1n) is 9.32. The van der Waals surface area contributed by atoms with E-state index in [9.17, 15) is 13.9 Å². The van der Waals surface area contributed by atoms with E-state index in [0.717, 1.165) is 29.8 Å². The molecule has 1 fully saturated rings. The molecule has 4 N–H and O–H groups in total. The molecule has 0 aliphatic heterocycles. The predicted molar refractivity (Wildman–Crippen MR) is 104 cm³/mol. The van der Waals surface area contributed by atoms with Gasteiger partial charge >= 0.3 is 0 Å². The highest BCUT2D eigenvalue weighted by molar-refractivity contribution is 5.92. The van der Waals surface area contributed by atoms with Crippen LogP contribution in [0.4, 0.5) is 20.2 Å². The van der Waals surface area contributed by atoms with Gasteiger partial charge in [-0.1, -0.05) is 19.1 Å². The van der Waals surface area contributed by atoms with Gasteiger partial charge in [-0.15, -0.1) is 0 Å². The summed E-state index contributed by atoms with van der Waals surface area (Å²) in [5.74, 6) is -1.70. The molecule has 1 saturated carbocycles. The molecule has 3 unspecified atom stereocenters. The lowest BCUT2D eigenvalue weighted by atomic mass is 9.85. The van der Waals surface area contributed by atoms with Crippen LogP contribution in [-0.4, -0.2) is 22.2 Å². The van der Waals surface area contributed by atoms with Crippen LogP contribution in [0.1, 0.15) is 37.9 Å². The lowest BCUT2D eigenvalue weighted by Crippen LogP contribution is -2.47. The SMILES string of the molecule is CCC(O)c1ccc(NC2CCC2Nc2c[nH]c3cc(F)c(F)cc23)cc1. The average Bonchev–Trinajstić information content (AvgIpc) is 3.05. The molecule has 0 bridgehead atoms. The average molecular weight is 371 g/mol. The lowest BCUT2D eigenvalue weighted by Gasteiger charge is -2.39. The Morgan fingerprint density at radius 2 is 1.74 bits per heavy atom. The minimum absolute atomic E-state index is 0.207. The van der Waals surface area contributed by atoms with E-state index in [1.165, 1.54) is 12.1 Å². The molecule has 0 radical (unpaired) electrons. The van der Waals surface area contributed by atoms with E-state index in [2.05, 4.69) is 15.6 Å². The van der Waals surface area contributed by atoms with Crippen LogP contribution in [0, 0.1) is 11.6 Å². The van der Waals surface area contributed by atoms with Crippen LogP contribution >= 0.6 is 0 Å². The fraction of sp³-hybridized carbons (Fsp3) is 0.333. The minimum Gasteiger partial charge on any atom is -0.388 e. The fourth-order valence-electron chi connectivity index (χ4n) is 3.53. The van der Waals surface area contributed by atoms with Gasteiger partial charge < -0.3 is 20.7 Å². The zero-order valence-electron chi connectivity index (χ0n) is 15.1. The highest BCUT2D eigenvalue weighted by atomic mass is 19.2. The van der Waals surface area contributed by atoms with Gasteiger partial charge in [-0.2, -0.15) is 0 Å². The largest absolute Gasteiger partial charge is 0.388 e. The van der Waals surface area contributed by atoms with Crippen molar-refractivity contribution in [3.63, 3.8) is 0 Å². The Labute approximate surface area is 156 Å². The van der Waals surface area contributed by atoms with Crippen molar-refractivity contribution in [2.24, 2.45) is 0 Å². The maximum Gasteiger partial charge on any atom is 0.160 e. The predicted octanol–water partition coefficient (Wildman–Crippen LogP) is 4.94. The Morgan fingerprint density at radius 3 is 2.41 bits per heavy atom. The lowest BCUT2D eigenvalue weighted by molar-refractivity contribution is 0.173. The van der Waals surface area contributed by atoms with Crippen molar-refractivity contribution in [2.75, 3.05) is 10.6 Å². The third-order valence-corrected chi connectivity index (χ3v) is 5.37. The number of halogens is 2. The second kappa shape index (κ2) is 7.19. The molecule has 4 rings (SSSR count). The van der Waals surface area contributed by atoms with Crippen LogP contribution < -0.4 is 10.6 Å². The minimum atomic E-state index is -0.851. The first-order valence-corrected chi connectivity index (χ1v) is 9.32. The van der Waals surface area contributed by atoms with Crippen LogP contribution in [-0.2, 0) is 0 Å². The highest BCUT2D eigenvalue weighted by Crippen LogP contribution is 2.32. The van der Waals surface area contributed by atoms with Crippen molar-refractivity contribution in [3.05, 3.63) is 59.8 Å². The Morgan fingerprint density at radius 1 is 1.07 bits per heavy atom. The number of nitrogens with one attached hydrogen (secondary N) is 3. The molecule has 2 aromatic carbocycles. The molecule has 3 aromatic rings. The molecule has 0 amide bonds. The molecular formula is C21H23F2N3O.